The zero-order valence-corrected chi connectivity index (χ0v) is 18.3. The van der Waals surface area contributed by atoms with Gasteiger partial charge in [0.1, 0.15) is 7.59 Å². The topological polar surface area (TPSA) is 0 Å². The SMILES string of the molecule is CCCC[Si@@](C)(c1ccccc1)[Si](C)(c1ccccc1)c1ccccc1. The molecule has 0 aliphatic rings. The highest BCUT2D eigenvalue weighted by molar-refractivity contribution is 7.55. The van der Waals surface area contributed by atoms with Gasteiger partial charge in [-0.15, -0.1) is 0 Å². The fourth-order valence-corrected chi connectivity index (χ4v) is 20.1. The Balaban J connectivity index is 2.27. The van der Waals surface area contributed by atoms with E-state index in [0.29, 0.717) is 0 Å². The summed E-state index contributed by atoms with van der Waals surface area (Å²) in [5.41, 5.74) is 0. The molecule has 0 amide bonds. The zero-order chi connectivity index (χ0) is 18.5. The maximum Gasteiger partial charge on any atom is 0.113 e. The van der Waals surface area contributed by atoms with Crippen LogP contribution in [0.1, 0.15) is 19.8 Å². The molecule has 134 valence electrons. The molecular formula is C24H30Si2. The molecule has 0 heterocycles. The van der Waals surface area contributed by atoms with E-state index in [1.807, 2.05) is 0 Å². The summed E-state index contributed by atoms with van der Waals surface area (Å²) in [6.07, 6.45) is 2.59. The summed E-state index contributed by atoms with van der Waals surface area (Å²) in [5, 5.41) is 4.79. The largest absolute Gasteiger partial charge is 0.113 e. The van der Waals surface area contributed by atoms with Gasteiger partial charge in [0.2, 0.25) is 0 Å². The van der Waals surface area contributed by atoms with Crippen LogP contribution in [-0.4, -0.2) is 15.2 Å². The normalized spacial score (nSPS) is 14.0. The van der Waals surface area contributed by atoms with Gasteiger partial charge < -0.3 is 0 Å². The van der Waals surface area contributed by atoms with Gasteiger partial charge >= 0.3 is 0 Å². The third kappa shape index (κ3) is 3.36. The standard InChI is InChI=1S/C24H30Si2/c1-4-5-21-25(2,22-15-9-6-10-16-22)26(3,23-17-11-7-12-18-23)24-19-13-8-14-20-24/h6-20H,4-5,21H2,1-3H3/t25-/m0/s1. The van der Waals surface area contributed by atoms with Crippen molar-refractivity contribution in [3.8, 4) is 0 Å². The molecule has 0 aliphatic heterocycles. The summed E-state index contributed by atoms with van der Waals surface area (Å²) in [4.78, 5) is 0. The highest BCUT2D eigenvalue weighted by Crippen LogP contribution is 2.26. The monoisotopic (exact) mass is 374 g/mol. The fraction of sp³-hybridized carbons (Fsp3) is 0.250. The van der Waals surface area contributed by atoms with Crippen LogP contribution in [0.15, 0.2) is 91.0 Å². The smallest absolute Gasteiger partial charge is 0.0666 e. The Morgan fingerprint density at radius 3 is 1.35 bits per heavy atom. The Kier molecular flexibility index (Phi) is 5.95. The second-order valence-corrected chi connectivity index (χ2v) is 21.1. The van der Waals surface area contributed by atoms with Crippen molar-refractivity contribution in [3.05, 3.63) is 91.0 Å². The van der Waals surface area contributed by atoms with Gasteiger partial charge in [0.15, 0.2) is 0 Å². The average molecular weight is 375 g/mol. The Bertz CT molecular complexity index is 760. The number of hydrogen-bond acceptors (Lipinski definition) is 0. The van der Waals surface area contributed by atoms with Crippen LogP contribution in [0.2, 0.25) is 19.1 Å². The fourth-order valence-electron chi connectivity index (χ4n) is 4.37. The molecule has 0 saturated heterocycles. The van der Waals surface area contributed by atoms with Crippen molar-refractivity contribution in [3.63, 3.8) is 0 Å². The van der Waals surface area contributed by atoms with Crippen LogP contribution in [0.4, 0.5) is 0 Å². The third-order valence-corrected chi connectivity index (χ3v) is 24.4. The molecule has 3 aromatic rings. The molecule has 0 aromatic heterocycles. The lowest BCUT2D eigenvalue weighted by molar-refractivity contribution is 0.874. The van der Waals surface area contributed by atoms with Gasteiger partial charge in [-0.05, 0) is 0 Å². The number of unbranched alkanes of at least 4 members (excludes halogenated alkanes) is 1. The van der Waals surface area contributed by atoms with Gasteiger partial charge in [-0.3, -0.25) is 0 Å². The lowest BCUT2D eigenvalue weighted by Gasteiger charge is -2.45. The molecule has 0 bridgehead atoms. The number of rotatable bonds is 7. The van der Waals surface area contributed by atoms with E-state index in [1.54, 1.807) is 15.6 Å². The van der Waals surface area contributed by atoms with E-state index in [4.69, 9.17) is 0 Å². The molecule has 3 rings (SSSR count). The Morgan fingerprint density at radius 2 is 0.962 bits per heavy atom. The molecule has 0 N–H and O–H groups in total. The molecular weight excluding hydrogens is 344 g/mol. The Hall–Kier alpha value is -1.91. The Morgan fingerprint density at radius 1 is 0.577 bits per heavy atom. The first kappa shape index (κ1) is 18.9. The van der Waals surface area contributed by atoms with Gasteiger partial charge in [0.05, 0.1) is 7.59 Å². The molecule has 0 fully saturated rings. The van der Waals surface area contributed by atoms with E-state index >= 15 is 0 Å². The van der Waals surface area contributed by atoms with Gasteiger partial charge in [-0.25, -0.2) is 0 Å². The van der Waals surface area contributed by atoms with Crippen LogP contribution in [0, 0.1) is 0 Å². The predicted molar refractivity (Wildman–Crippen MR) is 121 cm³/mol. The minimum Gasteiger partial charge on any atom is -0.0666 e. The van der Waals surface area contributed by atoms with Crippen molar-refractivity contribution < 1.29 is 0 Å². The summed E-state index contributed by atoms with van der Waals surface area (Å²) in [6.45, 7) is 7.61. The highest BCUT2D eigenvalue weighted by Gasteiger charge is 2.51. The summed E-state index contributed by atoms with van der Waals surface area (Å²) < 4.78 is 0. The van der Waals surface area contributed by atoms with Crippen LogP contribution in [-0.2, 0) is 0 Å². The molecule has 1 atom stereocenters. The van der Waals surface area contributed by atoms with Crippen LogP contribution in [0.25, 0.3) is 0 Å². The van der Waals surface area contributed by atoms with Crippen molar-refractivity contribution in [1.29, 1.82) is 0 Å². The molecule has 0 nitrogen and oxygen atoms in total. The van der Waals surface area contributed by atoms with Crippen molar-refractivity contribution >= 4 is 30.7 Å². The van der Waals surface area contributed by atoms with Crippen molar-refractivity contribution in [2.75, 3.05) is 0 Å². The second kappa shape index (κ2) is 8.19. The van der Waals surface area contributed by atoms with Gasteiger partial charge in [0, 0.05) is 0 Å². The van der Waals surface area contributed by atoms with E-state index in [2.05, 4.69) is 111 Å². The number of benzene rings is 3. The lowest BCUT2D eigenvalue weighted by Crippen LogP contribution is -2.78. The zero-order valence-electron chi connectivity index (χ0n) is 16.3. The molecule has 0 unspecified atom stereocenters. The third-order valence-electron chi connectivity index (χ3n) is 6.25. The molecule has 0 radical (unpaired) electrons. The minimum absolute atomic E-state index is 1.27. The van der Waals surface area contributed by atoms with Crippen LogP contribution in [0.5, 0.6) is 0 Å². The first-order valence-electron chi connectivity index (χ1n) is 9.79. The molecule has 3 aromatic carbocycles. The second-order valence-electron chi connectivity index (χ2n) is 7.66. The molecule has 0 aliphatic carbocycles. The van der Waals surface area contributed by atoms with E-state index < -0.39 is 15.2 Å². The number of hydrogen-bond donors (Lipinski definition) is 0. The van der Waals surface area contributed by atoms with Crippen LogP contribution >= 0.6 is 0 Å². The van der Waals surface area contributed by atoms with E-state index in [-0.39, 0.29) is 0 Å². The van der Waals surface area contributed by atoms with E-state index in [9.17, 15) is 0 Å². The molecule has 26 heavy (non-hydrogen) atoms. The quantitative estimate of drug-likeness (QED) is 0.524. The summed E-state index contributed by atoms with van der Waals surface area (Å²) >= 11 is 0. The van der Waals surface area contributed by atoms with Gasteiger partial charge in [-0.2, -0.15) is 0 Å². The van der Waals surface area contributed by atoms with Gasteiger partial charge in [-0.1, -0.05) is 145 Å². The summed E-state index contributed by atoms with van der Waals surface area (Å²) in [6, 6.07) is 35.5. The van der Waals surface area contributed by atoms with E-state index in [0.717, 1.165) is 0 Å². The summed E-state index contributed by atoms with van der Waals surface area (Å²) in [7, 11) is -3.64. The van der Waals surface area contributed by atoms with Gasteiger partial charge in [0.25, 0.3) is 0 Å². The maximum atomic E-state index is 2.66. The van der Waals surface area contributed by atoms with Crippen LogP contribution < -0.4 is 15.6 Å². The lowest BCUT2D eigenvalue weighted by atomic mass is 10.4. The Labute approximate surface area is 160 Å². The van der Waals surface area contributed by atoms with Crippen molar-refractivity contribution in [1.82, 2.24) is 0 Å². The first-order valence-corrected chi connectivity index (χ1v) is 16.0. The molecule has 0 spiro atoms. The van der Waals surface area contributed by atoms with Crippen molar-refractivity contribution in [2.24, 2.45) is 0 Å². The van der Waals surface area contributed by atoms with Crippen molar-refractivity contribution in [2.45, 2.75) is 38.9 Å². The molecule has 0 saturated carbocycles. The van der Waals surface area contributed by atoms with Crippen LogP contribution in [0.3, 0.4) is 0 Å². The summed E-state index contributed by atoms with van der Waals surface area (Å²) in [5.74, 6) is 0. The van der Waals surface area contributed by atoms with E-state index in [1.165, 1.54) is 18.9 Å². The molecule has 2 heteroatoms. The predicted octanol–water partition coefficient (Wildman–Crippen LogP) is 4.74. The first-order chi connectivity index (χ1) is 12.6. The maximum absolute atomic E-state index is 2.66. The minimum atomic E-state index is -1.89. The average Bonchev–Trinajstić information content (AvgIpc) is 2.73. The highest BCUT2D eigenvalue weighted by atomic mass is 29.3.